The maximum atomic E-state index is 10.6. The van der Waals surface area contributed by atoms with Gasteiger partial charge in [0.25, 0.3) is 0 Å². The van der Waals surface area contributed by atoms with Crippen molar-refractivity contribution < 1.29 is 19.0 Å². The molecular formula is C9H17NO4. The topological polar surface area (TPSA) is 70.8 Å². The molecule has 2 N–H and O–H groups in total. The van der Waals surface area contributed by atoms with Gasteiger partial charge in [-0.05, 0) is 0 Å². The summed E-state index contributed by atoms with van der Waals surface area (Å²) in [5.41, 5.74) is 5.21. The molecule has 0 fully saturated rings. The fourth-order valence-electron chi connectivity index (χ4n) is 0.665. The smallest absolute Gasteiger partial charge is 0.330 e. The van der Waals surface area contributed by atoms with E-state index in [-0.39, 0.29) is 6.61 Å². The molecule has 0 unspecified atom stereocenters. The van der Waals surface area contributed by atoms with Crippen molar-refractivity contribution in [2.45, 2.75) is 0 Å². The van der Waals surface area contributed by atoms with E-state index in [0.29, 0.717) is 33.0 Å². The highest BCUT2D eigenvalue weighted by Gasteiger charge is 1.94. The number of carbonyl (C=O) groups excluding carboxylic acids is 1. The van der Waals surface area contributed by atoms with Gasteiger partial charge in [-0.25, -0.2) is 4.79 Å². The monoisotopic (exact) mass is 203 g/mol. The first-order valence-corrected chi connectivity index (χ1v) is 4.46. The summed E-state index contributed by atoms with van der Waals surface area (Å²) in [5, 5.41) is 0. The second-order valence-electron chi connectivity index (χ2n) is 2.39. The molecule has 0 aliphatic rings. The quantitative estimate of drug-likeness (QED) is 0.317. The highest BCUT2D eigenvalue weighted by Crippen LogP contribution is 1.82. The zero-order valence-corrected chi connectivity index (χ0v) is 8.24. The van der Waals surface area contributed by atoms with Gasteiger partial charge in [0.2, 0.25) is 0 Å². The van der Waals surface area contributed by atoms with E-state index in [4.69, 9.17) is 15.2 Å². The number of esters is 1. The Morgan fingerprint density at radius 3 is 2.29 bits per heavy atom. The first-order chi connectivity index (χ1) is 6.81. The van der Waals surface area contributed by atoms with Gasteiger partial charge in [0.1, 0.15) is 6.61 Å². The van der Waals surface area contributed by atoms with Gasteiger partial charge in [0.15, 0.2) is 0 Å². The maximum absolute atomic E-state index is 10.6. The third-order valence-electron chi connectivity index (χ3n) is 1.27. The Morgan fingerprint density at radius 1 is 1.14 bits per heavy atom. The SMILES string of the molecule is C=CC(=O)OCCOCCOCCN. The Labute approximate surface area is 83.8 Å². The van der Waals surface area contributed by atoms with Crippen LogP contribution in [0.3, 0.4) is 0 Å². The van der Waals surface area contributed by atoms with Crippen LogP contribution in [0.15, 0.2) is 12.7 Å². The van der Waals surface area contributed by atoms with Gasteiger partial charge in [-0.15, -0.1) is 0 Å². The Kier molecular flexibility index (Phi) is 9.51. The van der Waals surface area contributed by atoms with E-state index in [1.165, 1.54) is 0 Å². The van der Waals surface area contributed by atoms with E-state index in [9.17, 15) is 4.79 Å². The fourth-order valence-corrected chi connectivity index (χ4v) is 0.665. The average molecular weight is 203 g/mol. The van der Waals surface area contributed by atoms with Crippen molar-refractivity contribution in [3.8, 4) is 0 Å². The van der Waals surface area contributed by atoms with E-state index in [0.717, 1.165) is 6.08 Å². The summed E-state index contributed by atoms with van der Waals surface area (Å²) < 4.78 is 14.8. The lowest BCUT2D eigenvalue weighted by molar-refractivity contribution is -0.139. The van der Waals surface area contributed by atoms with Crippen molar-refractivity contribution in [2.24, 2.45) is 5.73 Å². The molecule has 0 amide bonds. The minimum absolute atomic E-state index is 0.238. The normalized spacial score (nSPS) is 9.79. The molecule has 0 rings (SSSR count). The van der Waals surface area contributed by atoms with Gasteiger partial charge in [-0.1, -0.05) is 6.58 Å². The van der Waals surface area contributed by atoms with Crippen LogP contribution in [-0.2, 0) is 19.0 Å². The molecule has 0 aromatic rings. The molecule has 82 valence electrons. The molecule has 0 aliphatic heterocycles. The second-order valence-corrected chi connectivity index (χ2v) is 2.39. The first kappa shape index (κ1) is 13.1. The van der Waals surface area contributed by atoms with Gasteiger partial charge in [0, 0.05) is 12.6 Å². The highest BCUT2D eigenvalue weighted by molar-refractivity contribution is 5.81. The van der Waals surface area contributed by atoms with Crippen molar-refractivity contribution in [1.82, 2.24) is 0 Å². The summed E-state index contributed by atoms with van der Waals surface area (Å²) in [6, 6.07) is 0. The second kappa shape index (κ2) is 10.2. The summed E-state index contributed by atoms with van der Waals surface area (Å²) in [5.74, 6) is -0.437. The molecule has 0 atom stereocenters. The molecule has 14 heavy (non-hydrogen) atoms. The largest absolute Gasteiger partial charge is 0.460 e. The van der Waals surface area contributed by atoms with Crippen LogP contribution in [-0.4, -0.2) is 45.5 Å². The van der Waals surface area contributed by atoms with Crippen LogP contribution in [0.5, 0.6) is 0 Å². The Bertz CT molecular complexity index is 161. The number of hydrogen-bond acceptors (Lipinski definition) is 5. The van der Waals surface area contributed by atoms with E-state index < -0.39 is 5.97 Å². The zero-order chi connectivity index (χ0) is 10.6. The van der Waals surface area contributed by atoms with E-state index in [1.54, 1.807) is 0 Å². The third-order valence-corrected chi connectivity index (χ3v) is 1.27. The van der Waals surface area contributed by atoms with Crippen molar-refractivity contribution in [1.29, 1.82) is 0 Å². The molecule has 0 radical (unpaired) electrons. The van der Waals surface area contributed by atoms with Crippen LogP contribution in [0, 0.1) is 0 Å². The Balaban J connectivity index is 2.99. The number of rotatable bonds is 9. The Morgan fingerprint density at radius 2 is 1.71 bits per heavy atom. The highest BCUT2D eigenvalue weighted by atomic mass is 16.6. The molecule has 5 heteroatoms. The molecule has 0 aliphatic carbocycles. The summed E-state index contributed by atoms with van der Waals surface area (Å²) in [6.45, 7) is 5.90. The van der Waals surface area contributed by atoms with Crippen LogP contribution < -0.4 is 5.73 Å². The predicted octanol–water partition coefficient (Wildman–Crippen LogP) is -0.292. The third kappa shape index (κ3) is 9.18. The molecule has 0 spiro atoms. The Hall–Kier alpha value is -0.910. The number of nitrogens with two attached hydrogens (primary N) is 1. The maximum Gasteiger partial charge on any atom is 0.330 e. The summed E-state index contributed by atoms with van der Waals surface area (Å²) in [6.07, 6.45) is 1.12. The average Bonchev–Trinajstić information content (AvgIpc) is 2.21. The van der Waals surface area contributed by atoms with Gasteiger partial charge in [-0.2, -0.15) is 0 Å². The molecule has 5 nitrogen and oxygen atoms in total. The minimum Gasteiger partial charge on any atom is -0.460 e. The molecular weight excluding hydrogens is 186 g/mol. The van der Waals surface area contributed by atoms with E-state index in [1.807, 2.05) is 0 Å². The number of carbonyl (C=O) groups is 1. The van der Waals surface area contributed by atoms with Crippen molar-refractivity contribution in [2.75, 3.05) is 39.6 Å². The lowest BCUT2D eigenvalue weighted by Gasteiger charge is -2.04. The van der Waals surface area contributed by atoms with E-state index >= 15 is 0 Å². The minimum atomic E-state index is -0.437. The molecule has 0 saturated heterocycles. The van der Waals surface area contributed by atoms with Crippen molar-refractivity contribution >= 4 is 5.97 Å². The number of ether oxygens (including phenoxy) is 3. The standard InChI is InChI=1S/C9H17NO4/c1-2-9(11)14-8-7-13-6-5-12-4-3-10/h2H,1,3-8,10H2. The first-order valence-electron chi connectivity index (χ1n) is 4.46. The summed E-state index contributed by atoms with van der Waals surface area (Å²) in [7, 11) is 0. The van der Waals surface area contributed by atoms with Crippen LogP contribution in [0.1, 0.15) is 0 Å². The lowest BCUT2D eigenvalue weighted by atomic mass is 10.6. The summed E-state index contributed by atoms with van der Waals surface area (Å²) in [4.78, 5) is 10.6. The summed E-state index contributed by atoms with van der Waals surface area (Å²) >= 11 is 0. The molecule has 0 heterocycles. The van der Waals surface area contributed by atoms with Crippen LogP contribution in [0.25, 0.3) is 0 Å². The predicted molar refractivity (Wildman–Crippen MR) is 51.8 cm³/mol. The van der Waals surface area contributed by atoms with E-state index in [2.05, 4.69) is 11.3 Å². The van der Waals surface area contributed by atoms with Gasteiger partial charge in [-0.3, -0.25) is 0 Å². The molecule has 0 aromatic carbocycles. The van der Waals surface area contributed by atoms with Crippen LogP contribution in [0.2, 0.25) is 0 Å². The van der Waals surface area contributed by atoms with Crippen molar-refractivity contribution in [3.63, 3.8) is 0 Å². The van der Waals surface area contributed by atoms with Gasteiger partial charge in [0.05, 0.1) is 26.4 Å². The molecule has 0 aromatic heterocycles. The zero-order valence-electron chi connectivity index (χ0n) is 8.24. The van der Waals surface area contributed by atoms with Crippen LogP contribution in [0.4, 0.5) is 0 Å². The molecule has 0 saturated carbocycles. The number of hydrogen-bond donors (Lipinski definition) is 1. The molecule has 0 bridgehead atoms. The van der Waals surface area contributed by atoms with Gasteiger partial charge >= 0.3 is 5.97 Å². The van der Waals surface area contributed by atoms with Gasteiger partial charge < -0.3 is 19.9 Å². The van der Waals surface area contributed by atoms with Crippen molar-refractivity contribution in [3.05, 3.63) is 12.7 Å². The lowest BCUT2D eigenvalue weighted by Crippen LogP contribution is -2.14. The van der Waals surface area contributed by atoms with Crippen LogP contribution >= 0.6 is 0 Å². The fraction of sp³-hybridized carbons (Fsp3) is 0.667.